The van der Waals surface area contributed by atoms with Gasteiger partial charge in [-0.15, -0.1) is 0 Å². The van der Waals surface area contributed by atoms with Gasteiger partial charge in [-0.05, 0) is 48.9 Å². The predicted octanol–water partition coefficient (Wildman–Crippen LogP) is 7.71. The van der Waals surface area contributed by atoms with Crippen LogP contribution in [-0.2, 0) is 6.61 Å². The summed E-state index contributed by atoms with van der Waals surface area (Å²) in [5, 5.41) is 10.8. The average molecular weight is 473 g/mol. The molecule has 2 nitrogen and oxygen atoms in total. The largest absolute Gasteiger partial charge is 0.488 e. The number of nitrogens with zero attached hydrogens (tertiary/aromatic N) is 1. The minimum absolute atomic E-state index is 0.297. The van der Waals surface area contributed by atoms with E-state index in [-0.39, 0.29) is 0 Å². The van der Waals surface area contributed by atoms with E-state index in [4.69, 9.17) is 27.9 Å². The molecule has 0 saturated heterocycles. The van der Waals surface area contributed by atoms with E-state index in [1.54, 1.807) is 12.1 Å². The number of rotatable bonds is 5. The molecule has 0 aromatic heterocycles. The van der Waals surface area contributed by atoms with Crippen LogP contribution in [0.25, 0.3) is 11.6 Å². The van der Waals surface area contributed by atoms with Gasteiger partial charge in [-0.25, -0.2) is 0 Å². The van der Waals surface area contributed by atoms with Crippen LogP contribution in [0.15, 0.2) is 65.1 Å². The second kappa shape index (κ2) is 9.30. The summed E-state index contributed by atoms with van der Waals surface area (Å²) in [6, 6.07) is 21.1. The van der Waals surface area contributed by atoms with Crippen molar-refractivity contribution in [2.24, 2.45) is 0 Å². The number of nitriles is 1. The smallest absolute Gasteiger partial charge is 0.127 e. The molecular weight excluding hydrogens is 457 g/mol. The number of hydrogen-bond acceptors (Lipinski definition) is 2. The van der Waals surface area contributed by atoms with Crippen molar-refractivity contribution in [1.29, 1.82) is 5.26 Å². The Morgan fingerprint density at radius 3 is 2.50 bits per heavy atom. The lowest BCUT2D eigenvalue weighted by Crippen LogP contribution is -1.98. The Hall–Kier alpha value is -2.25. The second-order valence-corrected chi connectivity index (χ2v) is 8.00. The van der Waals surface area contributed by atoms with E-state index in [0.29, 0.717) is 28.0 Å². The van der Waals surface area contributed by atoms with E-state index < -0.39 is 0 Å². The zero-order chi connectivity index (χ0) is 20.1. The molecule has 28 heavy (non-hydrogen) atoms. The molecule has 0 bridgehead atoms. The Labute approximate surface area is 183 Å². The molecule has 0 unspecified atom stereocenters. The lowest BCUT2D eigenvalue weighted by atomic mass is 10.0. The summed E-state index contributed by atoms with van der Waals surface area (Å²) in [6.07, 6.45) is 1.83. The van der Waals surface area contributed by atoms with Gasteiger partial charge in [-0.3, -0.25) is 0 Å². The molecule has 0 heterocycles. The Balaban J connectivity index is 1.91. The summed E-state index contributed by atoms with van der Waals surface area (Å²) < 4.78 is 6.90. The van der Waals surface area contributed by atoms with Gasteiger partial charge >= 0.3 is 0 Å². The van der Waals surface area contributed by atoms with Gasteiger partial charge in [0.15, 0.2) is 0 Å². The van der Waals surface area contributed by atoms with Gasteiger partial charge in [0.25, 0.3) is 0 Å². The fourth-order valence-corrected chi connectivity index (χ4v) is 3.47. The summed E-state index contributed by atoms with van der Waals surface area (Å²) in [5.74, 6) is 0.661. The Morgan fingerprint density at radius 2 is 1.82 bits per heavy atom. The van der Waals surface area contributed by atoms with Crippen molar-refractivity contribution < 1.29 is 4.74 Å². The predicted molar refractivity (Wildman–Crippen MR) is 120 cm³/mol. The van der Waals surface area contributed by atoms with Gasteiger partial charge in [0.2, 0.25) is 0 Å². The maximum atomic E-state index is 9.64. The van der Waals surface area contributed by atoms with E-state index in [1.165, 1.54) is 0 Å². The van der Waals surface area contributed by atoms with E-state index in [2.05, 4.69) is 22.0 Å². The number of allylic oxidation sites excluding steroid dienone is 1. The zero-order valence-corrected chi connectivity index (χ0v) is 18.1. The van der Waals surface area contributed by atoms with Gasteiger partial charge in [-0.1, -0.05) is 75.0 Å². The molecule has 3 aromatic rings. The number of halogens is 3. The second-order valence-electron chi connectivity index (χ2n) is 6.24. The highest BCUT2D eigenvalue weighted by Gasteiger charge is 2.08. The maximum absolute atomic E-state index is 9.64. The topological polar surface area (TPSA) is 33.0 Å². The molecule has 3 rings (SSSR count). The first kappa shape index (κ1) is 20.5. The fraction of sp³-hybridized carbons (Fsp3) is 0.0870. The third-order valence-electron chi connectivity index (χ3n) is 4.15. The lowest BCUT2D eigenvalue weighted by molar-refractivity contribution is 0.305. The highest BCUT2D eigenvalue weighted by atomic mass is 79.9. The molecule has 0 aliphatic heterocycles. The summed E-state index contributed by atoms with van der Waals surface area (Å²) in [6.45, 7) is 2.31. The van der Waals surface area contributed by atoms with Crippen molar-refractivity contribution in [3.63, 3.8) is 0 Å². The summed E-state index contributed by atoms with van der Waals surface area (Å²) in [5.41, 5.74) is 4.21. The quantitative estimate of drug-likeness (QED) is 0.281. The molecule has 0 amide bonds. The Kier molecular flexibility index (Phi) is 6.80. The summed E-state index contributed by atoms with van der Waals surface area (Å²) in [7, 11) is 0. The molecule has 0 N–H and O–H groups in total. The van der Waals surface area contributed by atoms with Crippen LogP contribution in [0.1, 0.15) is 22.3 Å². The Morgan fingerprint density at radius 1 is 1.07 bits per heavy atom. The summed E-state index contributed by atoms with van der Waals surface area (Å²) >= 11 is 15.7. The fourth-order valence-electron chi connectivity index (χ4n) is 2.63. The number of ether oxygens (including phenoxy) is 1. The van der Waals surface area contributed by atoms with Gasteiger partial charge in [0, 0.05) is 25.6 Å². The molecule has 0 spiro atoms. The molecule has 0 aliphatic rings. The first-order chi connectivity index (χ1) is 13.5. The molecule has 0 aliphatic carbocycles. The van der Waals surface area contributed by atoms with Gasteiger partial charge in [0.05, 0.1) is 11.6 Å². The van der Waals surface area contributed by atoms with Crippen LogP contribution in [0, 0.1) is 18.3 Å². The molecule has 140 valence electrons. The average Bonchev–Trinajstić information content (AvgIpc) is 2.67. The zero-order valence-electron chi connectivity index (χ0n) is 15.0. The van der Waals surface area contributed by atoms with E-state index in [1.807, 2.05) is 61.5 Å². The third-order valence-corrected chi connectivity index (χ3v) is 5.23. The van der Waals surface area contributed by atoms with Gasteiger partial charge < -0.3 is 4.74 Å². The number of benzene rings is 3. The van der Waals surface area contributed by atoms with E-state index >= 15 is 0 Å². The lowest BCUT2D eigenvalue weighted by Gasteiger charge is -2.12. The van der Waals surface area contributed by atoms with Gasteiger partial charge in [0.1, 0.15) is 12.4 Å². The molecule has 0 radical (unpaired) electrons. The summed E-state index contributed by atoms with van der Waals surface area (Å²) in [4.78, 5) is 0. The molecule has 0 fully saturated rings. The molecular formula is C23H16BrCl2NO. The van der Waals surface area contributed by atoms with Crippen LogP contribution in [0.5, 0.6) is 5.75 Å². The third kappa shape index (κ3) is 5.17. The number of aryl methyl sites for hydroxylation is 1. The van der Waals surface area contributed by atoms with Crippen molar-refractivity contribution in [1.82, 2.24) is 0 Å². The molecule has 5 heteroatoms. The highest BCUT2D eigenvalue weighted by molar-refractivity contribution is 9.10. The normalized spacial score (nSPS) is 11.2. The standard InChI is InChI=1S/C23H16BrCl2NO/c1-15-2-4-16(5-3-15)19(13-27)10-18-11-20(24)7-9-23(18)28-14-17-6-8-21(25)12-22(17)26/h2-12H,14H2,1H3/b19-10-. The van der Waals surface area contributed by atoms with Crippen LogP contribution < -0.4 is 4.74 Å². The molecule has 0 saturated carbocycles. The van der Waals surface area contributed by atoms with Crippen LogP contribution in [0.3, 0.4) is 0 Å². The maximum Gasteiger partial charge on any atom is 0.127 e. The first-order valence-corrected chi connectivity index (χ1v) is 10.1. The number of hydrogen-bond donors (Lipinski definition) is 0. The van der Waals surface area contributed by atoms with Crippen molar-refractivity contribution in [3.8, 4) is 11.8 Å². The highest BCUT2D eigenvalue weighted by Crippen LogP contribution is 2.30. The van der Waals surface area contributed by atoms with Crippen LogP contribution in [-0.4, -0.2) is 0 Å². The minimum atomic E-state index is 0.297. The Bertz CT molecular complexity index is 1070. The van der Waals surface area contributed by atoms with E-state index in [0.717, 1.165) is 26.7 Å². The minimum Gasteiger partial charge on any atom is -0.488 e. The van der Waals surface area contributed by atoms with Crippen molar-refractivity contribution in [2.45, 2.75) is 13.5 Å². The monoisotopic (exact) mass is 471 g/mol. The molecule has 3 aromatic carbocycles. The molecule has 0 atom stereocenters. The van der Waals surface area contributed by atoms with Crippen molar-refractivity contribution in [3.05, 3.63) is 97.4 Å². The van der Waals surface area contributed by atoms with Crippen molar-refractivity contribution in [2.75, 3.05) is 0 Å². The van der Waals surface area contributed by atoms with Crippen LogP contribution in [0.4, 0.5) is 0 Å². The van der Waals surface area contributed by atoms with E-state index in [9.17, 15) is 5.26 Å². The SMILES string of the molecule is Cc1ccc(/C(C#N)=C\c2cc(Br)ccc2OCc2ccc(Cl)cc2Cl)cc1. The first-order valence-electron chi connectivity index (χ1n) is 8.51. The van der Waals surface area contributed by atoms with Gasteiger partial charge in [-0.2, -0.15) is 5.26 Å². The van der Waals surface area contributed by atoms with Crippen molar-refractivity contribution >= 4 is 50.8 Å². The van der Waals surface area contributed by atoms with Crippen LogP contribution in [0.2, 0.25) is 10.0 Å². The van der Waals surface area contributed by atoms with Crippen LogP contribution >= 0.6 is 39.1 Å².